The van der Waals surface area contributed by atoms with E-state index in [9.17, 15) is 9.18 Å². The van der Waals surface area contributed by atoms with Crippen molar-refractivity contribution < 1.29 is 9.18 Å². The normalized spacial score (nSPS) is 14.3. The van der Waals surface area contributed by atoms with Crippen molar-refractivity contribution >= 4 is 29.1 Å². The number of rotatable bonds is 6. The van der Waals surface area contributed by atoms with Crippen LogP contribution in [0.4, 0.5) is 20.7 Å². The predicted octanol–water partition coefficient (Wildman–Crippen LogP) is 4.52. The molecule has 2 amide bonds. The summed E-state index contributed by atoms with van der Waals surface area (Å²) in [5.74, 6) is -0.114. The highest BCUT2D eigenvalue weighted by Gasteiger charge is 2.20. The van der Waals surface area contributed by atoms with Gasteiger partial charge in [0.25, 0.3) is 0 Å². The molecule has 2 heterocycles. The molecule has 0 saturated carbocycles. The molecule has 1 aliphatic rings. The number of benzene rings is 2. The Morgan fingerprint density at radius 3 is 2.44 bits per heavy atom. The van der Waals surface area contributed by atoms with Gasteiger partial charge >= 0.3 is 6.03 Å². The Morgan fingerprint density at radius 2 is 1.75 bits per heavy atom. The summed E-state index contributed by atoms with van der Waals surface area (Å²) in [5, 5.41) is 10.9. The summed E-state index contributed by atoms with van der Waals surface area (Å²) in [4.78, 5) is 15.0. The highest BCUT2D eigenvalue weighted by Crippen LogP contribution is 2.34. The molecule has 0 bridgehead atoms. The number of halogens is 2. The maximum atomic E-state index is 13.4. The lowest BCUT2D eigenvalue weighted by Crippen LogP contribution is -2.39. The summed E-state index contributed by atoms with van der Waals surface area (Å²) >= 11 is 6.02. The van der Waals surface area contributed by atoms with Crippen molar-refractivity contribution in [2.75, 3.05) is 37.2 Å². The summed E-state index contributed by atoms with van der Waals surface area (Å²) in [7, 11) is 0. The third-order valence-corrected chi connectivity index (χ3v) is 5.76. The molecule has 168 valence electrons. The summed E-state index contributed by atoms with van der Waals surface area (Å²) in [6, 6.07) is 12.6. The van der Waals surface area contributed by atoms with E-state index in [0.717, 1.165) is 25.2 Å². The van der Waals surface area contributed by atoms with Crippen LogP contribution in [0.2, 0.25) is 5.02 Å². The zero-order valence-corrected chi connectivity index (χ0v) is 18.4. The molecule has 0 atom stereocenters. The maximum Gasteiger partial charge on any atom is 0.319 e. The van der Waals surface area contributed by atoms with Gasteiger partial charge < -0.3 is 21.3 Å². The van der Waals surface area contributed by atoms with E-state index >= 15 is 0 Å². The largest absolute Gasteiger partial charge is 0.382 e. The zero-order valence-electron chi connectivity index (χ0n) is 17.7. The molecule has 0 spiro atoms. The van der Waals surface area contributed by atoms with E-state index in [2.05, 4.69) is 20.6 Å². The van der Waals surface area contributed by atoms with E-state index in [0.29, 0.717) is 28.6 Å². The number of hydrogen-bond acceptors (Lipinski definition) is 4. The Morgan fingerprint density at radius 1 is 1.06 bits per heavy atom. The molecule has 9 heteroatoms. The molecule has 4 rings (SSSR count). The fourth-order valence-electron chi connectivity index (χ4n) is 3.81. The quantitative estimate of drug-likeness (QED) is 0.508. The number of anilines is 2. The third kappa shape index (κ3) is 5.20. The average molecular weight is 457 g/mol. The molecule has 0 aliphatic carbocycles. The van der Waals surface area contributed by atoms with Gasteiger partial charge in [0.1, 0.15) is 17.2 Å². The lowest BCUT2D eigenvalue weighted by atomic mass is 10.1. The van der Waals surface area contributed by atoms with Crippen LogP contribution < -0.4 is 16.4 Å². The number of urea groups is 1. The first-order valence-electron chi connectivity index (χ1n) is 10.7. The number of nitrogens with zero attached hydrogens (tertiary/aromatic N) is 3. The van der Waals surface area contributed by atoms with Crippen molar-refractivity contribution in [2.24, 2.45) is 0 Å². The molecule has 0 unspecified atom stereocenters. The molecule has 1 aliphatic heterocycles. The van der Waals surface area contributed by atoms with Gasteiger partial charge in [-0.3, -0.25) is 0 Å². The zero-order chi connectivity index (χ0) is 22.5. The van der Waals surface area contributed by atoms with E-state index in [4.69, 9.17) is 17.3 Å². The lowest BCUT2D eigenvalue weighted by molar-refractivity contribution is 0.224. The molecule has 4 N–H and O–H groups in total. The lowest BCUT2D eigenvalue weighted by Gasteiger charge is -2.26. The average Bonchev–Trinajstić information content (AvgIpc) is 3.11. The van der Waals surface area contributed by atoms with Crippen molar-refractivity contribution in [3.63, 3.8) is 0 Å². The first-order chi connectivity index (χ1) is 15.5. The first-order valence-corrected chi connectivity index (χ1v) is 11.1. The summed E-state index contributed by atoms with van der Waals surface area (Å²) in [6.07, 6.45) is 3.68. The number of nitrogens with one attached hydrogen (secondary N) is 2. The monoisotopic (exact) mass is 456 g/mol. The van der Waals surface area contributed by atoms with Gasteiger partial charge in [0, 0.05) is 23.7 Å². The minimum Gasteiger partial charge on any atom is -0.382 e. The van der Waals surface area contributed by atoms with Gasteiger partial charge in [-0.05, 0) is 62.3 Å². The molecule has 1 saturated heterocycles. The Bertz CT molecular complexity index is 1060. The van der Waals surface area contributed by atoms with Crippen molar-refractivity contribution in [2.45, 2.75) is 19.3 Å². The summed E-state index contributed by atoms with van der Waals surface area (Å²) in [6.45, 7) is 3.48. The predicted molar refractivity (Wildman–Crippen MR) is 126 cm³/mol. The number of carbonyl (C=O) groups is 1. The molecule has 2 aromatic carbocycles. The second-order valence-corrected chi connectivity index (χ2v) is 8.22. The first kappa shape index (κ1) is 22.1. The number of aromatic nitrogens is 2. The summed E-state index contributed by atoms with van der Waals surface area (Å²) in [5.41, 5.74) is 8.56. The van der Waals surface area contributed by atoms with Crippen LogP contribution in [-0.2, 0) is 0 Å². The van der Waals surface area contributed by atoms with Crippen LogP contribution in [0, 0.1) is 5.82 Å². The number of piperidine rings is 1. The molecule has 3 aromatic rings. The molecule has 7 nitrogen and oxygen atoms in total. The van der Waals surface area contributed by atoms with Crippen LogP contribution in [-0.4, -0.2) is 46.9 Å². The minimum absolute atomic E-state index is 0.243. The number of amides is 2. The van der Waals surface area contributed by atoms with E-state index in [1.165, 1.54) is 36.1 Å². The number of carbonyl (C=O) groups excluding carboxylic acids is 1. The van der Waals surface area contributed by atoms with Gasteiger partial charge in [-0.25, -0.2) is 13.9 Å². The van der Waals surface area contributed by atoms with Gasteiger partial charge in [0.05, 0.1) is 5.69 Å². The molecule has 1 aromatic heterocycles. The van der Waals surface area contributed by atoms with Crippen LogP contribution >= 0.6 is 11.6 Å². The molecule has 1 fully saturated rings. The van der Waals surface area contributed by atoms with E-state index in [-0.39, 0.29) is 17.7 Å². The van der Waals surface area contributed by atoms with E-state index in [1.807, 2.05) is 0 Å². The van der Waals surface area contributed by atoms with Gasteiger partial charge in [-0.2, -0.15) is 5.10 Å². The van der Waals surface area contributed by atoms with Crippen molar-refractivity contribution in [1.82, 2.24) is 20.0 Å². The second kappa shape index (κ2) is 10.0. The topological polar surface area (TPSA) is 88.2 Å². The van der Waals surface area contributed by atoms with E-state index < -0.39 is 0 Å². The van der Waals surface area contributed by atoms with Crippen molar-refractivity contribution in [1.29, 1.82) is 0 Å². The molecular weight excluding hydrogens is 431 g/mol. The molecule has 32 heavy (non-hydrogen) atoms. The van der Waals surface area contributed by atoms with Crippen LogP contribution in [0.3, 0.4) is 0 Å². The standard InChI is InChI=1S/C23H26ClFN6O/c24-17-6-4-16(5-7-17)20-21(22(26)31(29-20)19-10-8-18(25)9-11-19)28-23(32)27-12-15-30-13-2-1-3-14-30/h4-11H,1-3,12-15,26H2,(H2,27,28,32). The number of nitrogens with two attached hydrogens (primary N) is 1. The molecular formula is C23H26ClFN6O. The van der Waals surface area contributed by atoms with Gasteiger partial charge in [0.2, 0.25) is 0 Å². The van der Waals surface area contributed by atoms with E-state index in [1.54, 1.807) is 36.4 Å². The van der Waals surface area contributed by atoms with Gasteiger partial charge in [0.15, 0.2) is 5.82 Å². The Kier molecular flexibility index (Phi) is 6.92. The van der Waals surface area contributed by atoms with Crippen LogP contribution in [0.15, 0.2) is 48.5 Å². The van der Waals surface area contributed by atoms with Gasteiger partial charge in [-0.15, -0.1) is 0 Å². The second-order valence-electron chi connectivity index (χ2n) is 7.79. The van der Waals surface area contributed by atoms with Crippen molar-refractivity contribution in [3.05, 3.63) is 59.4 Å². The Hall–Kier alpha value is -3.10. The number of hydrogen-bond donors (Lipinski definition) is 3. The van der Waals surface area contributed by atoms with Crippen LogP contribution in [0.1, 0.15) is 19.3 Å². The Balaban J connectivity index is 1.55. The maximum absolute atomic E-state index is 13.4. The fourth-order valence-corrected chi connectivity index (χ4v) is 3.94. The third-order valence-electron chi connectivity index (χ3n) is 5.51. The number of nitrogen functional groups attached to an aromatic ring is 1. The highest BCUT2D eigenvalue weighted by atomic mass is 35.5. The van der Waals surface area contributed by atoms with Gasteiger partial charge in [-0.1, -0.05) is 30.2 Å². The number of likely N-dealkylation sites (tertiary alicyclic amines) is 1. The van der Waals surface area contributed by atoms with Crippen LogP contribution in [0.5, 0.6) is 0 Å². The Labute approximate surface area is 191 Å². The minimum atomic E-state index is -0.359. The summed E-state index contributed by atoms with van der Waals surface area (Å²) < 4.78 is 14.9. The smallest absolute Gasteiger partial charge is 0.319 e. The fraction of sp³-hybridized carbons (Fsp3) is 0.304. The molecule has 0 radical (unpaired) electrons. The SMILES string of the molecule is Nc1c(NC(=O)NCCN2CCCCC2)c(-c2ccc(Cl)cc2)nn1-c1ccc(F)cc1. The highest BCUT2D eigenvalue weighted by molar-refractivity contribution is 6.30. The van der Waals surface area contributed by atoms with Crippen molar-refractivity contribution in [3.8, 4) is 16.9 Å². The van der Waals surface area contributed by atoms with Crippen LogP contribution in [0.25, 0.3) is 16.9 Å².